The number of aromatic nitrogens is 2. The van der Waals surface area contributed by atoms with Crippen molar-refractivity contribution < 1.29 is 23.4 Å². The van der Waals surface area contributed by atoms with Crippen LogP contribution in [-0.4, -0.2) is 44.4 Å². The normalized spacial score (nSPS) is 20.8. The lowest BCUT2D eigenvalue weighted by molar-refractivity contribution is 0.0255. The van der Waals surface area contributed by atoms with Gasteiger partial charge in [-0.05, 0) is 56.0 Å². The summed E-state index contributed by atoms with van der Waals surface area (Å²) in [6.45, 7) is 1.85. The summed E-state index contributed by atoms with van der Waals surface area (Å²) in [7, 11) is 0. The number of halogens is 2. The quantitative estimate of drug-likeness (QED) is 0.508. The van der Waals surface area contributed by atoms with Crippen molar-refractivity contribution in [2.75, 3.05) is 18.3 Å². The summed E-state index contributed by atoms with van der Waals surface area (Å²) in [4.78, 5) is 32.4. The highest BCUT2D eigenvalue weighted by atomic mass is 19.2. The molecule has 1 atom stereocenters. The van der Waals surface area contributed by atoms with Crippen molar-refractivity contribution in [3.05, 3.63) is 99.3 Å². The molecule has 8 nitrogen and oxygen atoms in total. The molecule has 1 N–H and O–H groups in total. The van der Waals surface area contributed by atoms with Crippen molar-refractivity contribution in [1.82, 2.24) is 14.6 Å². The number of hydrogen-bond acceptors (Lipinski definition) is 6. The minimum absolute atomic E-state index is 0.0393. The predicted octanol–water partition coefficient (Wildman–Crippen LogP) is 3.55. The monoisotopic (exact) mass is 506 g/mol. The number of fused-ring (bicyclic) bond motifs is 6. The van der Waals surface area contributed by atoms with E-state index >= 15 is 4.39 Å². The first kappa shape index (κ1) is 23.2. The fraction of sp³-hybridized carbons (Fsp3) is 0.296. The van der Waals surface area contributed by atoms with Gasteiger partial charge in [0.2, 0.25) is 11.2 Å². The first-order chi connectivity index (χ1) is 17.8. The second-order valence-corrected chi connectivity index (χ2v) is 9.59. The largest absolute Gasteiger partial charge is 0.502 e. The number of carbonyl (C=O) groups is 1. The van der Waals surface area contributed by atoms with Crippen molar-refractivity contribution in [3.63, 3.8) is 0 Å². The van der Waals surface area contributed by atoms with E-state index in [2.05, 4.69) is 4.98 Å². The van der Waals surface area contributed by atoms with Crippen molar-refractivity contribution >= 4 is 5.91 Å². The van der Waals surface area contributed by atoms with E-state index < -0.39 is 40.3 Å². The summed E-state index contributed by atoms with van der Waals surface area (Å²) in [6, 6.07) is 6.38. The number of aryl methyl sites for hydroxylation is 1. The molecule has 1 saturated carbocycles. The van der Waals surface area contributed by atoms with Gasteiger partial charge in [0, 0.05) is 24.0 Å². The Bertz CT molecular complexity index is 1510. The molecular weight excluding hydrogens is 482 g/mol. The maximum atomic E-state index is 15.2. The number of aromatic hydroxyl groups is 1. The third kappa shape index (κ3) is 3.42. The molecule has 4 heterocycles. The van der Waals surface area contributed by atoms with Gasteiger partial charge in [0.1, 0.15) is 19.3 Å². The first-order valence-corrected chi connectivity index (χ1v) is 12.1. The van der Waals surface area contributed by atoms with Crippen molar-refractivity contribution in [2.45, 2.75) is 37.8 Å². The Morgan fingerprint density at radius 3 is 2.70 bits per heavy atom. The Balaban J connectivity index is 1.69. The number of benzene rings is 1. The number of rotatable bonds is 1. The van der Waals surface area contributed by atoms with Crippen LogP contribution < -0.4 is 15.2 Å². The van der Waals surface area contributed by atoms with Gasteiger partial charge in [-0.1, -0.05) is 12.1 Å². The minimum atomic E-state index is -1.13. The molecule has 3 aliphatic rings. The molecule has 10 heteroatoms. The summed E-state index contributed by atoms with van der Waals surface area (Å²) in [5.41, 5.74) is 0.0213. The van der Waals surface area contributed by atoms with Gasteiger partial charge < -0.3 is 14.7 Å². The zero-order valence-electron chi connectivity index (χ0n) is 20.0. The van der Waals surface area contributed by atoms with Crippen LogP contribution in [-0.2, 0) is 0 Å². The highest BCUT2D eigenvalue weighted by molar-refractivity contribution is 5.97. The zero-order chi connectivity index (χ0) is 25.9. The number of carbonyl (C=O) groups excluding carboxylic acids is 1. The van der Waals surface area contributed by atoms with E-state index in [0.717, 1.165) is 24.1 Å². The molecule has 6 rings (SSSR count). The maximum Gasteiger partial charge on any atom is 0.278 e. The van der Waals surface area contributed by atoms with Crippen LogP contribution in [0.25, 0.3) is 0 Å². The Kier molecular flexibility index (Phi) is 5.29. The summed E-state index contributed by atoms with van der Waals surface area (Å²) in [5.74, 6) is -3.61. The van der Waals surface area contributed by atoms with E-state index in [1.807, 2.05) is 19.1 Å². The number of hydrogen-bond donors (Lipinski definition) is 1. The van der Waals surface area contributed by atoms with Gasteiger partial charge in [-0.15, -0.1) is 0 Å². The van der Waals surface area contributed by atoms with Gasteiger partial charge in [-0.2, -0.15) is 4.39 Å². The van der Waals surface area contributed by atoms with E-state index in [4.69, 9.17) is 4.74 Å². The minimum Gasteiger partial charge on any atom is -0.502 e. The van der Waals surface area contributed by atoms with E-state index in [-0.39, 0.29) is 30.3 Å². The third-order valence-electron chi connectivity index (χ3n) is 7.56. The number of amides is 1. The van der Waals surface area contributed by atoms with Gasteiger partial charge >= 0.3 is 0 Å². The van der Waals surface area contributed by atoms with E-state index in [1.165, 1.54) is 16.9 Å². The van der Waals surface area contributed by atoms with E-state index in [0.29, 0.717) is 18.5 Å². The van der Waals surface area contributed by atoms with Crippen LogP contribution in [0, 0.1) is 18.6 Å². The van der Waals surface area contributed by atoms with Crippen molar-refractivity contribution in [3.8, 4) is 11.5 Å². The Labute approximate surface area is 211 Å². The predicted molar refractivity (Wildman–Crippen MR) is 130 cm³/mol. The topological polar surface area (TPSA) is 87.9 Å². The summed E-state index contributed by atoms with van der Waals surface area (Å²) < 4.78 is 36.9. The molecule has 1 amide bonds. The molecule has 1 aromatic carbocycles. The van der Waals surface area contributed by atoms with Crippen LogP contribution in [0.3, 0.4) is 0 Å². The summed E-state index contributed by atoms with van der Waals surface area (Å²) >= 11 is 0. The van der Waals surface area contributed by atoms with Crippen molar-refractivity contribution in [1.29, 1.82) is 0 Å². The van der Waals surface area contributed by atoms with Gasteiger partial charge in [-0.3, -0.25) is 24.3 Å². The summed E-state index contributed by atoms with van der Waals surface area (Å²) in [5, 5.41) is 12.5. The lowest BCUT2D eigenvalue weighted by Crippen LogP contribution is -2.64. The van der Waals surface area contributed by atoms with E-state index in [1.54, 1.807) is 28.2 Å². The number of ether oxygens (including phenoxy) is 1. The fourth-order valence-corrected chi connectivity index (χ4v) is 5.49. The SMILES string of the molecule is Cc1cccnc1[C@H]1c2ccc(F)c(F)c2OC/C=C/C2(CCC2)N2CN1n1ccc(=O)c(O)c1C2=O. The molecule has 1 spiro atoms. The third-order valence-corrected chi connectivity index (χ3v) is 7.56. The number of pyridine rings is 2. The van der Waals surface area contributed by atoms with Gasteiger partial charge in [0.05, 0.1) is 11.2 Å². The first-order valence-electron chi connectivity index (χ1n) is 12.1. The number of nitrogens with zero attached hydrogens (tertiary/aromatic N) is 4. The smallest absolute Gasteiger partial charge is 0.278 e. The van der Waals surface area contributed by atoms with Gasteiger partial charge in [0.15, 0.2) is 23.0 Å². The summed E-state index contributed by atoms with van der Waals surface area (Å²) in [6.07, 6.45) is 8.77. The molecule has 0 radical (unpaired) electrons. The molecule has 0 saturated heterocycles. The Morgan fingerprint density at radius 2 is 1.97 bits per heavy atom. The van der Waals surface area contributed by atoms with Crippen LogP contribution in [0.1, 0.15) is 52.6 Å². The maximum absolute atomic E-state index is 15.2. The van der Waals surface area contributed by atoms with Crippen LogP contribution in [0.4, 0.5) is 8.78 Å². The van der Waals surface area contributed by atoms with Crippen molar-refractivity contribution in [2.24, 2.45) is 0 Å². The molecule has 1 aliphatic carbocycles. The van der Waals surface area contributed by atoms with Gasteiger partial charge in [0.25, 0.3) is 5.91 Å². The molecule has 0 unspecified atom stereocenters. The lowest BCUT2D eigenvalue weighted by Gasteiger charge is -2.53. The second-order valence-electron chi connectivity index (χ2n) is 9.59. The molecule has 1 fully saturated rings. The molecule has 3 aromatic rings. The highest BCUT2D eigenvalue weighted by Gasteiger charge is 2.49. The second kappa shape index (κ2) is 8.43. The lowest BCUT2D eigenvalue weighted by atomic mass is 9.74. The van der Waals surface area contributed by atoms with E-state index in [9.17, 15) is 19.1 Å². The average Bonchev–Trinajstić information content (AvgIpc) is 2.88. The molecule has 2 bridgehead atoms. The van der Waals surface area contributed by atoms with Crippen LogP contribution in [0.2, 0.25) is 0 Å². The molecular formula is C27H24F2N4O4. The molecule has 37 heavy (non-hydrogen) atoms. The molecule has 2 aromatic heterocycles. The Hall–Kier alpha value is -4.21. The highest BCUT2D eigenvalue weighted by Crippen LogP contribution is 2.45. The fourth-order valence-electron chi connectivity index (χ4n) is 5.49. The zero-order valence-corrected chi connectivity index (χ0v) is 20.0. The van der Waals surface area contributed by atoms with Crippen LogP contribution in [0.5, 0.6) is 11.5 Å². The van der Waals surface area contributed by atoms with Crippen LogP contribution in [0.15, 0.2) is 59.7 Å². The average molecular weight is 507 g/mol. The molecule has 190 valence electrons. The standard InChI is InChI=1S/C27H24F2N4O4/c1-16-5-2-12-30-21(16)22-17-6-7-18(28)20(29)25(17)37-14-4-11-27(9-3-10-27)31-15-33(22)32-13-8-19(34)24(35)23(32)26(31)36/h2,4-8,11-13,22,35H,3,9-10,14-15H2,1H3/b11-4+/t22-/m1/s1. The van der Waals surface area contributed by atoms with Gasteiger partial charge in [-0.25, -0.2) is 4.39 Å². The molecule has 2 aliphatic heterocycles. The van der Waals surface area contributed by atoms with Crippen LogP contribution >= 0.6 is 0 Å². The Morgan fingerprint density at radius 1 is 1.16 bits per heavy atom.